The Kier molecular flexibility index (Phi) is 4.50. The van der Waals surface area contributed by atoms with Crippen LogP contribution >= 0.6 is 27.5 Å². The maximum absolute atomic E-state index is 12.6. The Morgan fingerprint density at radius 3 is 2.81 bits per heavy atom. The lowest BCUT2D eigenvalue weighted by molar-refractivity contribution is -0.122. The molecule has 8 heteroatoms. The fourth-order valence-electron chi connectivity index (χ4n) is 3.01. The fraction of sp³-hybridized carbons (Fsp3) is 0.222. The summed E-state index contributed by atoms with van der Waals surface area (Å²) >= 11 is 9.46. The van der Waals surface area contributed by atoms with Gasteiger partial charge in [0.25, 0.3) is 0 Å². The van der Waals surface area contributed by atoms with Gasteiger partial charge in [-0.1, -0.05) is 27.5 Å². The molecule has 1 atom stereocenters. The minimum absolute atomic E-state index is 0.106. The fourth-order valence-corrected chi connectivity index (χ4v) is 3.73. The van der Waals surface area contributed by atoms with Gasteiger partial charge in [0.2, 0.25) is 18.6 Å². The van der Waals surface area contributed by atoms with Crippen molar-refractivity contribution in [2.75, 3.05) is 23.6 Å². The van der Waals surface area contributed by atoms with E-state index < -0.39 is 5.92 Å². The van der Waals surface area contributed by atoms with Gasteiger partial charge in [-0.3, -0.25) is 9.59 Å². The Balaban J connectivity index is 1.48. The van der Waals surface area contributed by atoms with Gasteiger partial charge in [0, 0.05) is 29.2 Å². The number of ether oxygens (including phenoxy) is 2. The molecular weight excluding hydrogens is 424 g/mol. The van der Waals surface area contributed by atoms with Crippen molar-refractivity contribution in [1.82, 2.24) is 0 Å². The van der Waals surface area contributed by atoms with Crippen LogP contribution in [0.4, 0.5) is 11.4 Å². The third-order valence-corrected chi connectivity index (χ3v) is 5.16. The molecule has 134 valence electrons. The lowest BCUT2D eigenvalue weighted by atomic mass is 10.1. The molecule has 2 amide bonds. The smallest absolute Gasteiger partial charge is 0.231 e. The van der Waals surface area contributed by atoms with E-state index in [1.54, 1.807) is 41.3 Å². The predicted molar refractivity (Wildman–Crippen MR) is 101 cm³/mol. The van der Waals surface area contributed by atoms with Crippen molar-refractivity contribution >= 4 is 50.7 Å². The van der Waals surface area contributed by atoms with Crippen LogP contribution in [-0.2, 0) is 9.59 Å². The molecule has 0 radical (unpaired) electrons. The van der Waals surface area contributed by atoms with Crippen LogP contribution in [0.25, 0.3) is 0 Å². The average molecular weight is 438 g/mol. The third-order valence-electron chi connectivity index (χ3n) is 4.35. The van der Waals surface area contributed by atoms with Crippen molar-refractivity contribution in [2.45, 2.75) is 6.42 Å². The summed E-state index contributed by atoms with van der Waals surface area (Å²) in [7, 11) is 0. The first-order valence-corrected chi connectivity index (χ1v) is 9.14. The molecule has 2 aromatic rings. The van der Waals surface area contributed by atoms with E-state index in [2.05, 4.69) is 21.2 Å². The second-order valence-corrected chi connectivity index (χ2v) is 7.38. The zero-order chi connectivity index (χ0) is 18.3. The van der Waals surface area contributed by atoms with Crippen molar-refractivity contribution in [1.29, 1.82) is 0 Å². The second-order valence-electron chi connectivity index (χ2n) is 6.06. The molecule has 0 aromatic heterocycles. The van der Waals surface area contributed by atoms with E-state index in [0.29, 0.717) is 34.4 Å². The Bertz CT molecular complexity index is 905. The highest BCUT2D eigenvalue weighted by atomic mass is 79.9. The molecule has 26 heavy (non-hydrogen) atoms. The number of carbonyl (C=O) groups excluding carboxylic acids is 2. The molecule has 2 aliphatic rings. The van der Waals surface area contributed by atoms with E-state index in [0.717, 1.165) is 4.47 Å². The number of rotatable bonds is 3. The highest BCUT2D eigenvalue weighted by Gasteiger charge is 2.36. The monoisotopic (exact) mass is 436 g/mol. The Hall–Kier alpha value is -2.25. The Labute approximate surface area is 163 Å². The predicted octanol–water partition coefficient (Wildman–Crippen LogP) is 3.82. The number of anilines is 2. The van der Waals surface area contributed by atoms with Crippen molar-refractivity contribution in [3.05, 3.63) is 45.9 Å². The van der Waals surface area contributed by atoms with Gasteiger partial charge in [0.05, 0.1) is 16.6 Å². The summed E-state index contributed by atoms with van der Waals surface area (Å²) in [4.78, 5) is 26.5. The van der Waals surface area contributed by atoms with Crippen LogP contribution in [0, 0.1) is 5.92 Å². The maximum Gasteiger partial charge on any atom is 0.231 e. The van der Waals surface area contributed by atoms with Crippen LogP contribution in [-0.4, -0.2) is 25.2 Å². The van der Waals surface area contributed by atoms with Gasteiger partial charge in [-0.2, -0.15) is 0 Å². The summed E-state index contributed by atoms with van der Waals surface area (Å²) < 4.78 is 11.5. The summed E-state index contributed by atoms with van der Waals surface area (Å²) in [6, 6.07) is 10.5. The number of hydrogen-bond acceptors (Lipinski definition) is 4. The summed E-state index contributed by atoms with van der Waals surface area (Å²) in [6.07, 6.45) is 0.147. The van der Waals surface area contributed by atoms with E-state index >= 15 is 0 Å². The van der Waals surface area contributed by atoms with Gasteiger partial charge >= 0.3 is 0 Å². The minimum Gasteiger partial charge on any atom is -0.454 e. The van der Waals surface area contributed by atoms with E-state index in [1.165, 1.54) is 0 Å². The molecule has 0 aliphatic carbocycles. The van der Waals surface area contributed by atoms with E-state index in [-0.39, 0.29) is 25.0 Å². The SMILES string of the molecule is O=C(Nc1ccc(Br)cc1Cl)C1CC(=O)N(c2ccc3c(c2)OCO3)C1. The molecule has 0 bridgehead atoms. The first-order chi connectivity index (χ1) is 12.5. The summed E-state index contributed by atoms with van der Waals surface area (Å²) in [5.74, 6) is 0.466. The van der Waals surface area contributed by atoms with Crippen molar-refractivity contribution in [2.24, 2.45) is 5.92 Å². The standard InChI is InChI=1S/C18H14BrClN2O4/c19-11-1-3-14(13(20)6-11)21-18(24)10-5-17(23)22(8-10)12-2-4-15-16(7-12)26-9-25-15/h1-4,6-7,10H,5,8-9H2,(H,21,24). The summed E-state index contributed by atoms with van der Waals surface area (Å²) in [5, 5.41) is 3.23. The van der Waals surface area contributed by atoms with Gasteiger partial charge in [-0.05, 0) is 30.3 Å². The molecule has 0 spiro atoms. The van der Waals surface area contributed by atoms with E-state index in [1.807, 2.05) is 0 Å². The lowest BCUT2D eigenvalue weighted by Crippen LogP contribution is -2.28. The highest BCUT2D eigenvalue weighted by molar-refractivity contribution is 9.10. The number of carbonyl (C=O) groups is 2. The zero-order valence-corrected chi connectivity index (χ0v) is 15.8. The normalized spacial score (nSPS) is 18.3. The van der Waals surface area contributed by atoms with Gasteiger partial charge in [0.1, 0.15) is 0 Å². The molecule has 2 aliphatic heterocycles. The van der Waals surface area contributed by atoms with Crippen LogP contribution in [0.15, 0.2) is 40.9 Å². The first-order valence-electron chi connectivity index (χ1n) is 7.97. The molecule has 2 heterocycles. The van der Waals surface area contributed by atoms with Crippen molar-refractivity contribution < 1.29 is 19.1 Å². The third kappa shape index (κ3) is 3.24. The number of halogens is 2. The van der Waals surface area contributed by atoms with E-state index in [9.17, 15) is 9.59 Å². The molecule has 6 nitrogen and oxygen atoms in total. The number of amides is 2. The molecule has 0 saturated carbocycles. The second kappa shape index (κ2) is 6.81. The number of nitrogens with one attached hydrogen (secondary N) is 1. The number of hydrogen-bond donors (Lipinski definition) is 1. The quantitative estimate of drug-likeness (QED) is 0.793. The largest absolute Gasteiger partial charge is 0.454 e. The van der Waals surface area contributed by atoms with Crippen molar-refractivity contribution in [3.8, 4) is 11.5 Å². The molecular formula is C18H14BrClN2O4. The van der Waals surface area contributed by atoms with Crippen LogP contribution in [0.2, 0.25) is 5.02 Å². The number of nitrogens with zero attached hydrogens (tertiary/aromatic N) is 1. The number of fused-ring (bicyclic) bond motifs is 1. The topological polar surface area (TPSA) is 67.9 Å². The highest BCUT2D eigenvalue weighted by Crippen LogP contribution is 2.37. The molecule has 4 rings (SSSR count). The average Bonchev–Trinajstić information content (AvgIpc) is 3.23. The summed E-state index contributed by atoms with van der Waals surface area (Å²) in [5.41, 5.74) is 1.21. The molecule has 2 aromatic carbocycles. The first kappa shape index (κ1) is 17.2. The van der Waals surface area contributed by atoms with Crippen LogP contribution in [0.1, 0.15) is 6.42 Å². The minimum atomic E-state index is -0.451. The lowest BCUT2D eigenvalue weighted by Gasteiger charge is -2.17. The van der Waals surface area contributed by atoms with Gasteiger partial charge in [0.15, 0.2) is 11.5 Å². The Morgan fingerprint density at radius 1 is 1.19 bits per heavy atom. The maximum atomic E-state index is 12.6. The van der Waals surface area contributed by atoms with Crippen LogP contribution in [0.3, 0.4) is 0 Å². The summed E-state index contributed by atoms with van der Waals surface area (Å²) in [6.45, 7) is 0.476. The van der Waals surface area contributed by atoms with Crippen LogP contribution in [0.5, 0.6) is 11.5 Å². The Morgan fingerprint density at radius 2 is 2.00 bits per heavy atom. The molecule has 1 fully saturated rings. The molecule has 1 unspecified atom stereocenters. The van der Waals surface area contributed by atoms with Gasteiger partial charge in [-0.25, -0.2) is 0 Å². The zero-order valence-electron chi connectivity index (χ0n) is 13.5. The van der Waals surface area contributed by atoms with E-state index in [4.69, 9.17) is 21.1 Å². The van der Waals surface area contributed by atoms with Crippen molar-refractivity contribution in [3.63, 3.8) is 0 Å². The van der Waals surface area contributed by atoms with Crippen LogP contribution < -0.4 is 19.7 Å². The van der Waals surface area contributed by atoms with Gasteiger partial charge in [-0.15, -0.1) is 0 Å². The molecule has 1 saturated heterocycles. The van der Waals surface area contributed by atoms with Gasteiger partial charge < -0.3 is 19.7 Å². The number of benzene rings is 2. The molecule has 1 N–H and O–H groups in total.